The second kappa shape index (κ2) is 4.34. The van der Waals surface area contributed by atoms with Crippen LogP contribution in [0, 0.1) is 6.92 Å². The van der Waals surface area contributed by atoms with Gasteiger partial charge in [-0.3, -0.25) is 4.79 Å². The van der Waals surface area contributed by atoms with Gasteiger partial charge in [0, 0.05) is 19.3 Å². The third-order valence-electron chi connectivity index (χ3n) is 2.88. The third kappa shape index (κ3) is 2.47. The van der Waals surface area contributed by atoms with Crippen LogP contribution in [0.4, 0.5) is 0 Å². The highest BCUT2D eigenvalue weighted by molar-refractivity contribution is 7.91. The summed E-state index contributed by atoms with van der Waals surface area (Å²) in [6.45, 7) is 2.48. The van der Waals surface area contributed by atoms with E-state index in [1.165, 1.54) is 6.26 Å². The van der Waals surface area contributed by atoms with E-state index in [9.17, 15) is 13.2 Å². The molecule has 1 aliphatic rings. The average molecular weight is 275 g/mol. The molecule has 2 rings (SSSR count). The Balaban J connectivity index is 2.12. The highest BCUT2D eigenvalue weighted by Gasteiger charge is 2.34. The summed E-state index contributed by atoms with van der Waals surface area (Å²) < 4.78 is 26.5. The van der Waals surface area contributed by atoms with E-state index < -0.39 is 15.1 Å². The van der Waals surface area contributed by atoms with Crippen LogP contribution in [-0.4, -0.2) is 53.4 Å². The highest BCUT2D eigenvalue weighted by Crippen LogP contribution is 2.20. The predicted molar refractivity (Wildman–Crippen MR) is 63.8 cm³/mol. The lowest BCUT2D eigenvalue weighted by atomic mass is 10.3. The van der Waals surface area contributed by atoms with Crippen LogP contribution in [0.1, 0.15) is 21.8 Å². The molecule has 1 saturated heterocycles. The van der Waals surface area contributed by atoms with Gasteiger partial charge in [0.1, 0.15) is 4.88 Å². The van der Waals surface area contributed by atoms with E-state index in [0.717, 1.165) is 11.5 Å². The second-order valence-electron chi connectivity index (χ2n) is 4.18. The largest absolute Gasteiger partial charge is 0.336 e. The first-order valence-electron chi connectivity index (χ1n) is 5.16. The first-order valence-corrected chi connectivity index (χ1v) is 7.89. The van der Waals surface area contributed by atoms with Gasteiger partial charge in [0.25, 0.3) is 5.91 Å². The Kier molecular flexibility index (Phi) is 3.17. The van der Waals surface area contributed by atoms with Gasteiger partial charge in [-0.2, -0.15) is 0 Å². The van der Waals surface area contributed by atoms with Crippen LogP contribution in [0.15, 0.2) is 0 Å². The minimum absolute atomic E-state index is 0.163. The van der Waals surface area contributed by atoms with Crippen molar-refractivity contribution in [2.24, 2.45) is 0 Å². The van der Waals surface area contributed by atoms with Crippen molar-refractivity contribution in [3.8, 4) is 0 Å². The van der Waals surface area contributed by atoms with Crippen molar-refractivity contribution in [2.75, 3.05) is 19.3 Å². The first kappa shape index (κ1) is 12.4. The van der Waals surface area contributed by atoms with Gasteiger partial charge in [0.05, 0.1) is 10.9 Å². The van der Waals surface area contributed by atoms with E-state index in [2.05, 4.69) is 9.59 Å². The zero-order valence-electron chi connectivity index (χ0n) is 9.58. The number of carbonyl (C=O) groups is 1. The van der Waals surface area contributed by atoms with Crippen molar-refractivity contribution in [1.82, 2.24) is 14.5 Å². The molecule has 17 heavy (non-hydrogen) atoms. The van der Waals surface area contributed by atoms with Crippen molar-refractivity contribution in [1.29, 1.82) is 0 Å². The monoisotopic (exact) mass is 275 g/mol. The van der Waals surface area contributed by atoms with Gasteiger partial charge in [-0.1, -0.05) is 4.49 Å². The van der Waals surface area contributed by atoms with Crippen molar-refractivity contribution in [3.05, 3.63) is 10.6 Å². The fourth-order valence-electron chi connectivity index (χ4n) is 1.83. The quantitative estimate of drug-likeness (QED) is 0.765. The Bertz CT molecular complexity index is 537. The molecule has 2 heterocycles. The van der Waals surface area contributed by atoms with Gasteiger partial charge in [0.15, 0.2) is 9.84 Å². The molecule has 8 heteroatoms. The van der Waals surface area contributed by atoms with Gasteiger partial charge in [-0.05, 0) is 24.9 Å². The van der Waals surface area contributed by atoms with E-state index in [0.29, 0.717) is 23.5 Å². The molecule has 1 aromatic heterocycles. The van der Waals surface area contributed by atoms with Crippen LogP contribution >= 0.6 is 11.5 Å². The van der Waals surface area contributed by atoms with Crippen molar-refractivity contribution in [3.63, 3.8) is 0 Å². The maximum Gasteiger partial charge on any atom is 0.267 e. The van der Waals surface area contributed by atoms with Gasteiger partial charge in [0.2, 0.25) is 0 Å². The molecule has 1 atom stereocenters. The van der Waals surface area contributed by atoms with Gasteiger partial charge < -0.3 is 4.90 Å². The van der Waals surface area contributed by atoms with Crippen molar-refractivity contribution >= 4 is 27.3 Å². The fourth-order valence-corrected chi connectivity index (χ4v) is 3.44. The Labute approximate surface area is 104 Å². The smallest absolute Gasteiger partial charge is 0.267 e. The molecule has 1 fully saturated rings. The second-order valence-corrected chi connectivity index (χ2v) is 7.26. The molecule has 0 bridgehead atoms. The van der Waals surface area contributed by atoms with E-state index in [1.807, 2.05) is 0 Å². The SMILES string of the molecule is Cc1nnsc1C(=O)N1CC[C@@H](S(C)(=O)=O)C1. The number of aromatic nitrogens is 2. The number of nitrogens with zero attached hydrogens (tertiary/aromatic N) is 3. The van der Waals surface area contributed by atoms with Crippen LogP contribution in [0.5, 0.6) is 0 Å². The summed E-state index contributed by atoms with van der Waals surface area (Å²) in [4.78, 5) is 14.1. The summed E-state index contributed by atoms with van der Waals surface area (Å²) in [6.07, 6.45) is 1.72. The molecule has 0 radical (unpaired) electrons. The number of rotatable bonds is 2. The Morgan fingerprint density at radius 3 is 2.71 bits per heavy atom. The van der Waals surface area contributed by atoms with Gasteiger partial charge in [-0.25, -0.2) is 8.42 Å². The summed E-state index contributed by atoms with van der Waals surface area (Å²) in [5.74, 6) is -0.163. The minimum Gasteiger partial charge on any atom is -0.336 e. The molecular weight excluding hydrogens is 262 g/mol. The lowest BCUT2D eigenvalue weighted by Gasteiger charge is -2.14. The van der Waals surface area contributed by atoms with Gasteiger partial charge in [-0.15, -0.1) is 5.10 Å². The third-order valence-corrected chi connectivity index (χ3v) is 5.30. The Morgan fingerprint density at radius 2 is 2.24 bits per heavy atom. The maximum atomic E-state index is 12.1. The van der Waals surface area contributed by atoms with Gasteiger partial charge >= 0.3 is 0 Å². The number of amides is 1. The zero-order chi connectivity index (χ0) is 12.6. The summed E-state index contributed by atoms with van der Waals surface area (Å²) >= 11 is 1.05. The maximum absolute atomic E-state index is 12.1. The first-order chi connectivity index (χ1) is 7.89. The van der Waals surface area contributed by atoms with Crippen LogP contribution < -0.4 is 0 Å². The number of sulfone groups is 1. The average Bonchev–Trinajstić information content (AvgIpc) is 2.83. The highest BCUT2D eigenvalue weighted by atomic mass is 32.2. The molecular formula is C9H13N3O3S2. The molecule has 1 amide bonds. The summed E-state index contributed by atoms with van der Waals surface area (Å²) in [6, 6.07) is 0. The summed E-state index contributed by atoms with van der Waals surface area (Å²) in [5.41, 5.74) is 0.600. The normalized spacial score (nSPS) is 20.8. The van der Waals surface area contributed by atoms with Crippen LogP contribution in [0.3, 0.4) is 0 Å². The molecule has 1 aromatic rings. The molecule has 94 valence electrons. The summed E-state index contributed by atoms with van der Waals surface area (Å²) in [5, 5.41) is 3.34. The van der Waals surface area contributed by atoms with Crippen LogP contribution in [0.2, 0.25) is 0 Å². The molecule has 0 N–H and O–H groups in total. The Hall–Kier alpha value is -1.02. The number of carbonyl (C=O) groups excluding carboxylic acids is 1. The number of aryl methyl sites for hydroxylation is 1. The molecule has 6 nitrogen and oxygen atoms in total. The predicted octanol–water partition coefficient (Wildman–Crippen LogP) is 0.106. The van der Waals surface area contributed by atoms with Crippen LogP contribution in [0.25, 0.3) is 0 Å². The Morgan fingerprint density at radius 1 is 1.53 bits per heavy atom. The molecule has 0 spiro atoms. The molecule has 1 aliphatic heterocycles. The molecule has 0 saturated carbocycles. The zero-order valence-corrected chi connectivity index (χ0v) is 11.2. The molecule has 0 aromatic carbocycles. The van der Waals surface area contributed by atoms with E-state index in [-0.39, 0.29) is 12.5 Å². The minimum atomic E-state index is -3.07. The van der Waals surface area contributed by atoms with Crippen LogP contribution in [-0.2, 0) is 9.84 Å². The van der Waals surface area contributed by atoms with E-state index >= 15 is 0 Å². The lowest BCUT2D eigenvalue weighted by molar-refractivity contribution is 0.0797. The number of hydrogen-bond donors (Lipinski definition) is 0. The molecule has 0 unspecified atom stereocenters. The number of likely N-dealkylation sites (tertiary alicyclic amines) is 1. The number of hydrogen-bond acceptors (Lipinski definition) is 6. The molecule has 0 aliphatic carbocycles. The van der Waals surface area contributed by atoms with Crippen molar-refractivity contribution < 1.29 is 13.2 Å². The summed E-state index contributed by atoms with van der Waals surface area (Å²) in [7, 11) is -3.07. The topological polar surface area (TPSA) is 80.2 Å². The standard InChI is InChI=1S/C9H13N3O3S2/c1-6-8(16-11-10-6)9(13)12-4-3-7(5-12)17(2,14)15/h7H,3-5H2,1-2H3/t7-/m1/s1. The van der Waals surface area contributed by atoms with E-state index in [4.69, 9.17) is 0 Å². The lowest BCUT2D eigenvalue weighted by Crippen LogP contribution is -2.31. The van der Waals surface area contributed by atoms with E-state index in [1.54, 1.807) is 11.8 Å². The fraction of sp³-hybridized carbons (Fsp3) is 0.667. The van der Waals surface area contributed by atoms with Crippen molar-refractivity contribution in [2.45, 2.75) is 18.6 Å².